The molecule has 4 rings (SSSR count). The normalized spacial score (nSPS) is 19.1. The number of carbonyl (C=O) groups is 1. The molecule has 2 aliphatic rings. The SMILES string of the molecule is Cc1nc(N[C@H](C)c2cccc(C(F)F)c2F)c(C2OCCO2)c(C(Br)C(=O)NC2(C(F)(F)F)CC2)n1. The van der Waals surface area contributed by atoms with Crippen molar-refractivity contribution in [1.82, 2.24) is 15.3 Å². The van der Waals surface area contributed by atoms with E-state index in [0.29, 0.717) is 0 Å². The largest absolute Gasteiger partial charge is 0.411 e. The van der Waals surface area contributed by atoms with Gasteiger partial charge in [-0.05, 0) is 26.7 Å². The second-order valence-corrected chi connectivity index (χ2v) is 9.76. The highest BCUT2D eigenvalue weighted by molar-refractivity contribution is 9.09. The average molecular weight is 597 g/mol. The lowest BCUT2D eigenvalue weighted by atomic mass is 10.0. The van der Waals surface area contributed by atoms with Crippen molar-refractivity contribution in [3.05, 3.63) is 52.2 Å². The van der Waals surface area contributed by atoms with Gasteiger partial charge < -0.3 is 20.1 Å². The van der Waals surface area contributed by atoms with Crippen LogP contribution in [0.5, 0.6) is 0 Å². The van der Waals surface area contributed by atoms with Gasteiger partial charge in [-0.2, -0.15) is 13.2 Å². The third kappa shape index (κ3) is 5.55. The molecule has 37 heavy (non-hydrogen) atoms. The summed E-state index contributed by atoms with van der Waals surface area (Å²) in [5, 5.41) is 5.00. The Kier molecular flexibility index (Phi) is 7.73. The smallest absolute Gasteiger partial charge is 0.363 e. The molecule has 1 aliphatic carbocycles. The second-order valence-electron chi connectivity index (χ2n) is 8.84. The number of halogens is 7. The summed E-state index contributed by atoms with van der Waals surface area (Å²) in [6.07, 6.45) is -9.18. The van der Waals surface area contributed by atoms with Gasteiger partial charge in [0, 0.05) is 5.56 Å². The molecule has 1 unspecified atom stereocenters. The van der Waals surface area contributed by atoms with Crippen molar-refractivity contribution in [1.29, 1.82) is 0 Å². The number of ether oxygens (including phenoxy) is 2. The van der Waals surface area contributed by atoms with Crippen LogP contribution in [-0.2, 0) is 14.3 Å². The van der Waals surface area contributed by atoms with Crippen LogP contribution in [0, 0.1) is 12.7 Å². The minimum atomic E-state index is -4.61. The lowest BCUT2D eigenvalue weighted by Gasteiger charge is -2.26. The standard InChI is InChI=1S/C23H23BrF6N4O3/c1-10(12-4-3-5-13(16(12)25)18(26)27)31-19-14(21-36-8-9-37-21)17(32-11(2)33-19)15(24)20(35)34-22(6-7-22)23(28,29)30/h3-5,10,15,18,21H,6-9H2,1-2H3,(H,34,35)(H,31,32,33)/t10-,15?/m1/s1. The summed E-state index contributed by atoms with van der Waals surface area (Å²) in [6, 6.07) is 2.73. The maximum atomic E-state index is 14.8. The molecule has 0 spiro atoms. The predicted molar refractivity (Wildman–Crippen MR) is 123 cm³/mol. The first-order chi connectivity index (χ1) is 17.3. The number of carbonyl (C=O) groups excluding carboxylic acids is 1. The quantitative estimate of drug-likeness (QED) is 0.299. The van der Waals surface area contributed by atoms with Crippen LogP contribution in [0.15, 0.2) is 18.2 Å². The van der Waals surface area contributed by atoms with Crippen LogP contribution in [0.4, 0.5) is 32.2 Å². The van der Waals surface area contributed by atoms with Crippen LogP contribution in [0.1, 0.15) is 71.6 Å². The van der Waals surface area contributed by atoms with E-state index in [0.717, 1.165) is 6.07 Å². The zero-order chi connectivity index (χ0) is 27.1. The molecular formula is C23H23BrF6N4O3. The van der Waals surface area contributed by atoms with Gasteiger partial charge in [-0.15, -0.1) is 0 Å². The number of aromatic nitrogens is 2. The third-order valence-electron chi connectivity index (χ3n) is 6.18. The first kappa shape index (κ1) is 27.6. The number of anilines is 1. The molecular weight excluding hydrogens is 574 g/mol. The Balaban J connectivity index is 1.70. The van der Waals surface area contributed by atoms with E-state index < -0.39 is 52.6 Å². The van der Waals surface area contributed by atoms with Crippen LogP contribution in [0.25, 0.3) is 0 Å². The lowest BCUT2D eigenvalue weighted by Crippen LogP contribution is -2.49. The van der Waals surface area contributed by atoms with E-state index in [-0.39, 0.29) is 54.5 Å². The highest BCUT2D eigenvalue weighted by Gasteiger charge is 2.64. The third-order valence-corrected chi connectivity index (χ3v) is 7.03. The molecule has 1 aromatic carbocycles. The first-order valence-corrected chi connectivity index (χ1v) is 12.2. The fourth-order valence-electron chi connectivity index (χ4n) is 4.05. The Morgan fingerprint density at radius 1 is 1.16 bits per heavy atom. The van der Waals surface area contributed by atoms with E-state index in [4.69, 9.17) is 9.47 Å². The van der Waals surface area contributed by atoms with Crippen molar-refractivity contribution in [2.75, 3.05) is 18.5 Å². The van der Waals surface area contributed by atoms with Gasteiger partial charge in [0.2, 0.25) is 5.91 Å². The molecule has 1 saturated carbocycles. The number of benzene rings is 1. The molecule has 2 N–H and O–H groups in total. The van der Waals surface area contributed by atoms with Crippen molar-refractivity contribution in [3.63, 3.8) is 0 Å². The molecule has 1 aromatic heterocycles. The number of nitrogens with one attached hydrogen (secondary N) is 2. The Labute approximate surface area is 216 Å². The van der Waals surface area contributed by atoms with Gasteiger partial charge in [0.15, 0.2) is 6.29 Å². The molecule has 7 nitrogen and oxygen atoms in total. The molecule has 2 atom stereocenters. The number of alkyl halides is 6. The second kappa shape index (κ2) is 10.4. The molecule has 0 radical (unpaired) electrons. The molecule has 2 aromatic rings. The van der Waals surface area contributed by atoms with Crippen molar-refractivity contribution in [3.8, 4) is 0 Å². The average Bonchev–Trinajstić information content (AvgIpc) is 3.41. The number of rotatable bonds is 8. The number of nitrogens with zero attached hydrogens (tertiary/aromatic N) is 2. The summed E-state index contributed by atoms with van der Waals surface area (Å²) < 4.78 is 92.6. The molecule has 1 saturated heterocycles. The monoisotopic (exact) mass is 596 g/mol. The van der Waals surface area contributed by atoms with E-state index in [1.54, 1.807) is 0 Å². The zero-order valence-corrected chi connectivity index (χ0v) is 21.2. The maximum absolute atomic E-state index is 14.8. The predicted octanol–water partition coefficient (Wildman–Crippen LogP) is 5.73. The Morgan fingerprint density at radius 2 is 1.78 bits per heavy atom. The van der Waals surface area contributed by atoms with Gasteiger partial charge >= 0.3 is 6.18 Å². The van der Waals surface area contributed by atoms with E-state index in [2.05, 4.69) is 36.5 Å². The number of hydrogen-bond acceptors (Lipinski definition) is 6. The number of hydrogen-bond donors (Lipinski definition) is 2. The molecule has 1 amide bonds. The summed E-state index contributed by atoms with van der Waals surface area (Å²) in [6.45, 7) is 3.39. The van der Waals surface area contributed by atoms with E-state index >= 15 is 0 Å². The highest BCUT2D eigenvalue weighted by atomic mass is 79.9. The van der Waals surface area contributed by atoms with Crippen molar-refractivity contribution >= 4 is 27.7 Å². The minimum Gasteiger partial charge on any atom is -0.363 e. The van der Waals surface area contributed by atoms with Crippen LogP contribution >= 0.6 is 15.9 Å². The molecule has 202 valence electrons. The molecule has 14 heteroatoms. The van der Waals surface area contributed by atoms with E-state index in [1.807, 2.05) is 0 Å². The number of amides is 1. The summed E-state index contributed by atoms with van der Waals surface area (Å²) in [4.78, 5) is 20.1. The van der Waals surface area contributed by atoms with Gasteiger partial charge in [0.25, 0.3) is 6.43 Å². The Morgan fingerprint density at radius 3 is 2.35 bits per heavy atom. The van der Waals surface area contributed by atoms with Gasteiger partial charge in [-0.25, -0.2) is 23.1 Å². The summed E-state index contributed by atoms with van der Waals surface area (Å²) >= 11 is 3.16. The summed E-state index contributed by atoms with van der Waals surface area (Å²) in [7, 11) is 0. The van der Waals surface area contributed by atoms with Crippen molar-refractivity contribution in [2.45, 2.75) is 62.0 Å². The minimum absolute atomic E-state index is 0.00798. The van der Waals surface area contributed by atoms with Gasteiger partial charge in [-0.3, -0.25) is 4.79 Å². The highest BCUT2D eigenvalue weighted by Crippen LogP contribution is 2.49. The van der Waals surface area contributed by atoms with Crippen molar-refractivity contribution < 1.29 is 40.6 Å². The first-order valence-electron chi connectivity index (χ1n) is 11.3. The number of aryl methyl sites for hydroxylation is 1. The Hall–Kier alpha value is -2.45. The summed E-state index contributed by atoms with van der Waals surface area (Å²) in [5.74, 6) is -1.86. The molecule has 2 fully saturated rings. The topological polar surface area (TPSA) is 85.4 Å². The van der Waals surface area contributed by atoms with Gasteiger partial charge in [0.1, 0.15) is 27.8 Å². The lowest BCUT2D eigenvalue weighted by molar-refractivity contribution is -0.170. The zero-order valence-electron chi connectivity index (χ0n) is 19.6. The molecule has 2 heterocycles. The Bertz CT molecular complexity index is 1170. The van der Waals surface area contributed by atoms with Gasteiger partial charge in [0.05, 0.1) is 36.1 Å². The van der Waals surface area contributed by atoms with Crippen LogP contribution in [0.2, 0.25) is 0 Å². The van der Waals surface area contributed by atoms with Crippen LogP contribution < -0.4 is 10.6 Å². The van der Waals surface area contributed by atoms with E-state index in [9.17, 15) is 31.1 Å². The van der Waals surface area contributed by atoms with Crippen LogP contribution in [0.3, 0.4) is 0 Å². The van der Waals surface area contributed by atoms with Crippen LogP contribution in [-0.4, -0.2) is 40.8 Å². The molecule has 0 bridgehead atoms. The van der Waals surface area contributed by atoms with E-state index in [1.165, 1.54) is 26.0 Å². The maximum Gasteiger partial charge on any atom is 0.411 e. The fourth-order valence-corrected chi connectivity index (χ4v) is 4.51. The van der Waals surface area contributed by atoms with Crippen molar-refractivity contribution in [2.24, 2.45) is 0 Å². The van der Waals surface area contributed by atoms with Gasteiger partial charge in [-0.1, -0.05) is 34.1 Å². The summed E-state index contributed by atoms with van der Waals surface area (Å²) in [5.41, 5.74) is -3.00. The molecule has 1 aliphatic heterocycles. The fraction of sp³-hybridized carbons (Fsp3) is 0.522.